The Morgan fingerprint density at radius 3 is 2.30 bits per heavy atom. The number of para-hydroxylation sites is 1. The second kappa shape index (κ2) is 10.2. The summed E-state index contributed by atoms with van der Waals surface area (Å²) in [7, 11) is 0. The van der Waals surface area contributed by atoms with Crippen LogP contribution in [0.5, 0.6) is 5.75 Å². The van der Waals surface area contributed by atoms with E-state index < -0.39 is 11.8 Å². The first-order valence-corrected chi connectivity index (χ1v) is 11.6. The molecule has 3 aromatic carbocycles. The fourth-order valence-corrected chi connectivity index (χ4v) is 4.94. The van der Waals surface area contributed by atoms with Crippen LogP contribution >= 0.6 is 11.8 Å². The lowest BCUT2D eigenvalue weighted by molar-refractivity contribution is -0.118. The van der Waals surface area contributed by atoms with Gasteiger partial charge in [0.05, 0.1) is 17.6 Å². The highest BCUT2D eigenvalue weighted by Crippen LogP contribution is 2.43. The van der Waals surface area contributed by atoms with E-state index in [1.165, 1.54) is 11.8 Å². The van der Waals surface area contributed by atoms with E-state index in [9.17, 15) is 15.2 Å². The van der Waals surface area contributed by atoms with Crippen LogP contribution in [0.25, 0.3) is 0 Å². The van der Waals surface area contributed by atoms with Gasteiger partial charge in [-0.2, -0.15) is 5.26 Å². The zero-order valence-corrected chi connectivity index (χ0v) is 18.9. The van der Waals surface area contributed by atoms with Gasteiger partial charge >= 0.3 is 0 Å². The number of thioether (sulfide) groups is 1. The van der Waals surface area contributed by atoms with Crippen molar-refractivity contribution in [1.82, 2.24) is 0 Å². The lowest BCUT2D eigenvalue weighted by Gasteiger charge is -2.31. The third-order valence-electron chi connectivity index (χ3n) is 5.52. The third kappa shape index (κ3) is 5.16. The average molecular weight is 454 g/mol. The number of hydrogen-bond acceptors (Lipinski definition) is 5. The molecule has 1 amide bonds. The summed E-state index contributed by atoms with van der Waals surface area (Å²) in [5.74, 6) is -0.575. The van der Waals surface area contributed by atoms with Crippen LogP contribution in [0.15, 0.2) is 101 Å². The molecule has 33 heavy (non-hydrogen) atoms. The van der Waals surface area contributed by atoms with Crippen LogP contribution < -0.4 is 5.32 Å². The highest BCUT2D eigenvalue weighted by molar-refractivity contribution is 8.02. The summed E-state index contributed by atoms with van der Waals surface area (Å²) in [6, 6.07) is 28.2. The summed E-state index contributed by atoms with van der Waals surface area (Å²) >= 11 is 1.49. The first kappa shape index (κ1) is 22.4. The molecule has 0 bridgehead atoms. The molecule has 164 valence electrons. The van der Waals surface area contributed by atoms with Crippen LogP contribution in [0.2, 0.25) is 0 Å². The number of nitriles is 1. The molecule has 2 atom stereocenters. The van der Waals surface area contributed by atoms with E-state index in [4.69, 9.17) is 4.99 Å². The van der Waals surface area contributed by atoms with Gasteiger partial charge in [0.1, 0.15) is 10.8 Å². The predicted molar refractivity (Wildman–Crippen MR) is 133 cm³/mol. The number of nitrogens with zero attached hydrogens (tertiary/aromatic N) is 2. The second-order valence-electron chi connectivity index (χ2n) is 7.76. The van der Waals surface area contributed by atoms with Crippen LogP contribution in [-0.4, -0.2) is 16.7 Å². The summed E-state index contributed by atoms with van der Waals surface area (Å²) in [5.41, 5.74) is 3.71. The normalized spacial score (nSPS) is 17.8. The molecule has 6 heteroatoms. The number of carbonyl (C=O) groups is 1. The fourth-order valence-electron chi connectivity index (χ4n) is 3.91. The number of phenols is 1. The Morgan fingerprint density at radius 2 is 1.67 bits per heavy atom. The molecule has 1 aliphatic rings. The van der Waals surface area contributed by atoms with E-state index in [0.29, 0.717) is 27.8 Å². The number of anilines is 1. The number of phenolic OH excluding ortho intramolecular Hbond substituents is 1. The minimum atomic E-state index is -0.648. The Labute approximate surface area is 197 Å². The summed E-state index contributed by atoms with van der Waals surface area (Å²) in [6.45, 7) is 1.83. The molecule has 1 heterocycles. The number of rotatable bonds is 6. The van der Waals surface area contributed by atoms with Crippen LogP contribution in [0.3, 0.4) is 0 Å². The highest BCUT2D eigenvalue weighted by Gasteiger charge is 2.39. The van der Waals surface area contributed by atoms with Gasteiger partial charge in [0.25, 0.3) is 0 Å². The molecule has 0 saturated carbocycles. The minimum absolute atomic E-state index is 0.131. The van der Waals surface area contributed by atoms with E-state index in [-0.39, 0.29) is 11.7 Å². The van der Waals surface area contributed by atoms with Crippen molar-refractivity contribution in [1.29, 1.82) is 5.26 Å². The van der Waals surface area contributed by atoms with E-state index in [0.717, 1.165) is 11.1 Å². The first-order chi connectivity index (χ1) is 16.1. The standard InChI is InChI=1S/C27H23N3O2S/c1-18-24(26(32)30-21-10-6-3-7-11-21)25(20-12-14-22(31)15-13-20)23(16-28)27(29-18)33-17-19-8-4-2-5-9-19/h2-15,24-25,31H,17H2,1H3,(H,30,32)/t24?,25-/m1/s1. The second-order valence-corrected chi connectivity index (χ2v) is 8.72. The molecule has 1 aliphatic heterocycles. The number of hydrogen-bond donors (Lipinski definition) is 2. The topological polar surface area (TPSA) is 85.5 Å². The molecule has 0 fully saturated rings. The molecule has 0 aliphatic carbocycles. The van der Waals surface area contributed by atoms with Crippen LogP contribution in [0.4, 0.5) is 5.69 Å². The van der Waals surface area contributed by atoms with Gasteiger partial charge in [-0.15, -0.1) is 11.8 Å². The fraction of sp³-hybridized carbons (Fsp3) is 0.148. The SMILES string of the molecule is CC1=NC(SCc2ccccc2)=C(C#N)[C@@H](c2ccc(O)cc2)C1C(=O)Nc1ccccc1. The van der Waals surface area contributed by atoms with Crippen molar-refractivity contribution in [2.24, 2.45) is 10.9 Å². The largest absolute Gasteiger partial charge is 0.508 e. The summed E-state index contributed by atoms with van der Waals surface area (Å²) < 4.78 is 0. The lowest BCUT2D eigenvalue weighted by Crippen LogP contribution is -2.36. The zero-order chi connectivity index (χ0) is 23.2. The molecular weight excluding hydrogens is 430 g/mol. The number of allylic oxidation sites excluding steroid dienone is 1. The quantitative estimate of drug-likeness (QED) is 0.488. The maximum atomic E-state index is 13.4. The van der Waals surface area contributed by atoms with E-state index in [1.54, 1.807) is 24.3 Å². The molecule has 0 radical (unpaired) electrons. The van der Waals surface area contributed by atoms with Crippen molar-refractivity contribution >= 4 is 29.1 Å². The first-order valence-electron chi connectivity index (χ1n) is 10.6. The van der Waals surface area contributed by atoms with Gasteiger partial charge in [-0.3, -0.25) is 4.79 Å². The Morgan fingerprint density at radius 1 is 1.03 bits per heavy atom. The lowest BCUT2D eigenvalue weighted by atomic mass is 9.76. The predicted octanol–water partition coefficient (Wildman–Crippen LogP) is 5.87. The van der Waals surface area contributed by atoms with Gasteiger partial charge in [0.2, 0.25) is 5.91 Å². The molecule has 5 nitrogen and oxygen atoms in total. The van der Waals surface area contributed by atoms with Crippen LogP contribution in [0, 0.1) is 17.2 Å². The molecule has 2 N–H and O–H groups in total. The van der Waals surface area contributed by atoms with Gasteiger partial charge in [0, 0.05) is 23.1 Å². The minimum Gasteiger partial charge on any atom is -0.508 e. The average Bonchev–Trinajstić information content (AvgIpc) is 2.84. The van der Waals surface area contributed by atoms with Gasteiger partial charge in [-0.05, 0) is 42.3 Å². The Balaban J connectivity index is 1.71. The molecule has 4 rings (SSSR count). The zero-order valence-electron chi connectivity index (χ0n) is 18.1. The maximum Gasteiger partial charge on any atom is 0.234 e. The summed E-state index contributed by atoms with van der Waals surface area (Å²) in [4.78, 5) is 18.1. The Kier molecular flexibility index (Phi) is 6.92. The van der Waals surface area contributed by atoms with Gasteiger partial charge in [0.15, 0.2) is 0 Å². The molecule has 3 aromatic rings. The van der Waals surface area contributed by atoms with Crippen molar-refractivity contribution in [2.75, 3.05) is 5.32 Å². The molecule has 0 aromatic heterocycles. The van der Waals surface area contributed by atoms with Crippen molar-refractivity contribution in [2.45, 2.75) is 18.6 Å². The van der Waals surface area contributed by atoms with E-state index in [1.807, 2.05) is 67.6 Å². The highest BCUT2D eigenvalue weighted by atomic mass is 32.2. The third-order valence-corrected chi connectivity index (χ3v) is 6.58. The van der Waals surface area contributed by atoms with Gasteiger partial charge in [-0.1, -0.05) is 60.7 Å². The van der Waals surface area contributed by atoms with Crippen LogP contribution in [0.1, 0.15) is 24.0 Å². The summed E-state index contributed by atoms with van der Waals surface area (Å²) in [6.07, 6.45) is 0. The number of aliphatic imine (C=N–C) groups is 1. The Bertz CT molecular complexity index is 1230. The smallest absolute Gasteiger partial charge is 0.234 e. The number of amides is 1. The number of carbonyl (C=O) groups excluding carboxylic acids is 1. The van der Waals surface area contributed by atoms with Gasteiger partial charge in [-0.25, -0.2) is 4.99 Å². The molecule has 0 saturated heterocycles. The van der Waals surface area contributed by atoms with Crippen molar-refractivity contribution < 1.29 is 9.90 Å². The van der Waals surface area contributed by atoms with E-state index in [2.05, 4.69) is 11.4 Å². The molecular formula is C27H23N3O2S. The number of benzene rings is 3. The van der Waals surface area contributed by atoms with Gasteiger partial charge < -0.3 is 10.4 Å². The number of aromatic hydroxyl groups is 1. The summed E-state index contributed by atoms with van der Waals surface area (Å²) in [5, 5.41) is 23.5. The number of nitrogens with one attached hydrogen (secondary N) is 1. The van der Waals surface area contributed by atoms with Crippen molar-refractivity contribution in [3.05, 3.63) is 107 Å². The molecule has 1 unspecified atom stereocenters. The monoisotopic (exact) mass is 453 g/mol. The van der Waals surface area contributed by atoms with Crippen molar-refractivity contribution in [3.63, 3.8) is 0 Å². The molecule has 0 spiro atoms. The maximum absolute atomic E-state index is 13.4. The van der Waals surface area contributed by atoms with Crippen LogP contribution in [-0.2, 0) is 10.5 Å². The Hall–Kier alpha value is -3.82. The van der Waals surface area contributed by atoms with E-state index >= 15 is 0 Å². The van der Waals surface area contributed by atoms with Crippen molar-refractivity contribution in [3.8, 4) is 11.8 Å².